The fraction of sp³-hybridized carbons (Fsp3) is 0.950. The van der Waals surface area contributed by atoms with Crippen LogP contribution in [0.3, 0.4) is 0 Å². The molecule has 0 aliphatic carbocycles. The molecule has 0 aliphatic heterocycles. The number of carbonyl (C=O) groups excluding carboxylic acids is 2. The summed E-state index contributed by atoms with van der Waals surface area (Å²) >= 11 is 7.98. The van der Waals surface area contributed by atoms with Crippen LogP contribution in [0.4, 0.5) is 0 Å². The van der Waals surface area contributed by atoms with E-state index in [1.54, 1.807) is 0 Å². The van der Waals surface area contributed by atoms with Crippen molar-refractivity contribution in [3.05, 3.63) is 0 Å². The van der Waals surface area contributed by atoms with Crippen LogP contribution in [0.1, 0.15) is 232 Å². The van der Waals surface area contributed by atoms with Crippen molar-refractivity contribution in [1.82, 2.24) is 0 Å². The molecule has 0 heterocycles. The van der Waals surface area contributed by atoms with Gasteiger partial charge in [0.05, 0.1) is 11.9 Å². The molecule has 0 spiro atoms. The van der Waals surface area contributed by atoms with E-state index < -0.39 is 22.4 Å². The molecular formula is C40H78O4S2Zn. The van der Waals surface area contributed by atoms with Crippen molar-refractivity contribution in [2.75, 3.05) is 0 Å². The molecule has 0 saturated heterocycles. The number of carboxylic acids is 2. The fourth-order valence-electron chi connectivity index (χ4n) is 6.01. The molecule has 2 atom stereocenters. The SMILES string of the molecule is CCCCCCCCCCCCCCCCCCC(S)C(=O)[O-].CCCCCCCCCCCCCCCCCCC(S)C(=O)[O-].[Zn+2]. The standard InChI is InChI=1S/2C20H40O2S.Zn/c2*1-2-3-4-5-6-7-8-9-10-11-12-13-14-15-16-17-18-19(23)20(21)22;/h2*19,23H,2-18H2,1H3,(H,21,22);/q;;+2/p-2. The zero-order valence-corrected chi connectivity index (χ0v) is 36.2. The summed E-state index contributed by atoms with van der Waals surface area (Å²) in [6.45, 7) is 4.54. The van der Waals surface area contributed by atoms with Crippen LogP contribution in [0, 0.1) is 0 Å². The Kier molecular flexibility index (Phi) is 48.6. The maximum Gasteiger partial charge on any atom is 2.00 e. The quantitative estimate of drug-likeness (QED) is 0.0379. The van der Waals surface area contributed by atoms with Gasteiger partial charge in [0.25, 0.3) is 0 Å². The molecule has 0 aromatic heterocycles. The van der Waals surface area contributed by atoms with Crippen LogP contribution < -0.4 is 10.2 Å². The molecule has 0 radical (unpaired) electrons. The third-order valence-electron chi connectivity index (χ3n) is 9.21. The van der Waals surface area contributed by atoms with Gasteiger partial charge >= 0.3 is 19.5 Å². The minimum atomic E-state index is -1.03. The van der Waals surface area contributed by atoms with Crippen molar-refractivity contribution in [3.8, 4) is 0 Å². The zero-order valence-electron chi connectivity index (χ0n) is 31.4. The molecular weight excluding hydrogens is 674 g/mol. The first kappa shape index (κ1) is 51.6. The van der Waals surface area contributed by atoms with Gasteiger partial charge in [-0.05, 0) is 12.8 Å². The van der Waals surface area contributed by atoms with E-state index in [9.17, 15) is 19.8 Å². The molecule has 0 aromatic rings. The number of unbranched alkanes of at least 4 members (excludes halogenated alkanes) is 30. The maximum atomic E-state index is 10.5. The molecule has 47 heavy (non-hydrogen) atoms. The van der Waals surface area contributed by atoms with E-state index in [1.165, 1.54) is 180 Å². The second kappa shape index (κ2) is 44.3. The van der Waals surface area contributed by atoms with Crippen molar-refractivity contribution >= 4 is 37.2 Å². The molecule has 2 unspecified atom stereocenters. The predicted molar refractivity (Wildman–Crippen MR) is 204 cm³/mol. The van der Waals surface area contributed by atoms with Gasteiger partial charge in [-0.3, -0.25) is 0 Å². The summed E-state index contributed by atoms with van der Waals surface area (Å²) in [6, 6.07) is 0. The summed E-state index contributed by atoms with van der Waals surface area (Å²) in [5, 5.41) is 19.8. The average molecular weight is 753 g/mol. The summed E-state index contributed by atoms with van der Waals surface area (Å²) in [6.07, 6.45) is 44.1. The Balaban J connectivity index is -0.000000807. The van der Waals surface area contributed by atoms with Crippen LogP contribution in [0.15, 0.2) is 0 Å². The topological polar surface area (TPSA) is 80.3 Å². The van der Waals surface area contributed by atoms with Crippen LogP contribution in [0.25, 0.3) is 0 Å². The number of carboxylic acid groups (broad SMARTS) is 2. The van der Waals surface area contributed by atoms with Gasteiger partial charge in [-0.15, -0.1) is 0 Å². The molecule has 0 saturated carbocycles. The van der Waals surface area contributed by atoms with Crippen LogP contribution in [-0.4, -0.2) is 22.4 Å². The minimum absolute atomic E-state index is 0. The first-order valence-electron chi connectivity index (χ1n) is 20.1. The Hall–Kier alpha value is 0.263. The van der Waals surface area contributed by atoms with E-state index in [0.29, 0.717) is 12.8 Å². The van der Waals surface area contributed by atoms with Gasteiger partial charge in [0, 0.05) is 10.5 Å². The van der Waals surface area contributed by atoms with E-state index >= 15 is 0 Å². The van der Waals surface area contributed by atoms with Gasteiger partial charge in [-0.25, -0.2) is 0 Å². The van der Waals surface area contributed by atoms with Crippen molar-refractivity contribution in [2.45, 2.75) is 243 Å². The number of hydrogen-bond donors (Lipinski definition) is 2. The first-order valence-corrected chi connectivity index (χ1v) is 21.2. The van der Waals surface area contributed by atoms with Crippen LogP contribution in [0.2, 0.25) is 0 Å². The molecule has 276 valence electrons. The van der Waals surface area contributed by atoms with Gasteiger partial charge < -0.3 is 19.8 Å². The summed E-state index contributed by atoms with van der Waals surface area (Å²) in [7, 11) is 0. The van der Waals surface area contributed by atoms with Crippen molar-refractivity contribution in [3.63, 3.8) is 0 Å². The van der Waals surface area contributed by atoms with Gasteiger partial charge in [0.2, 0.25) is 0 Å². The number of hydrogen-bond acceptors (Lipinski definition) is 6. The Morgan fingerprint density at radius 1 is 0.362 bits per heavy atom. The molecule has 0 amide bonds. The third kappa shape index (κ3) is 46.3. The van der Waals surface area contributed by atoms with Crippen molar-refractivity contribution < 1.29 is 39.3 Å². The normalized spacial score (nSPS) is 12.2. The smallest absolute Gasteiger partial charge is 0.549 e. The van der Waals surface area contributed by atoms with Crippen molar-refractivity contribution in [2.24, 2.45) is 0 Å². The van der Waals surface area contributed by atoms with Gasteiger partial charge in [0.15, 0.2) is 0 Å². The Bertz CT molecular complexity index is 571. The summed E-state index contributed by atoms with van der Waals surface area (Å²) in [4.78, 5) is 21.0. The molecule has 4 nitrogen and oxygen atoms in total. The molecule has 7 heteroatoms. The Morgan fingerprint density at radius 2 is 0.511 bits per heavy atom. The van der Waals surface area contributed by atoms with Crippen LogP contribution in [-0.2, 0) is 29.1 Å². The van der Waals surface area contributed by atoms with Gasteiger partial charge in [-0.1, -0.05) is 219 Å². The van der Waals surface area contributed by atoms with E-state index in [2.05, 4.69) is 39.1 Å². The molecule has 0 aliphatic rings. The molecule has 0 aromatic carbocycles. The largest absolute Gasteiger partial charge is 2.00 e. The number of rotatable bonds is 36. The Labute approximate surface area is 317 Å². The monoisotopic (exact) mass is 750 g/mol. The van der Waals surface area contributed by atoms with Crippen molar-refractivity contribution in [1.29, 1.82) is 0 Å². The van der Waals surface area contributed by atoms with Gasteiger partial charge in [-0.2, -0.15) is 25.3 Å². The number of aliphatic carboxylic acids is 2. The van der Waals surface area contributed by atoms with Gasteiger partial charge in [0.1, 0.15) is 0 Å². The summed E-state index contributed by atoms with van der Waals surface area (Å²) in [5.41, 5.74) is 0. The molecule has 0 fully saturated rings. The van der Waals surface area contributed by atoms with E-state index in [-0.39, 0.29) is 19.5 Å². The van der Waals surface area contributed by atoms with E-state index in [4.69, 9.17) is 0 Å². The first-order chi connectivity index (χ1) is 22.4. The maximum absolute atomic E-state index is 10.5. The molecule has 0 rings (SSSR count). The van der Waals surface area contributed by atoms with Crippen LogP contribution >= 0.6 is 25.3 Å². The van der Waals surface area contributed by atoms with Crippen LogP contribution in [0.5, 0.6) is 0 Å². The van der Waals surface area contributed by atoms with E-state index in [1.807, 2.05) is 0 Å². The number of thiol groups is 2. The minimum Gasteiger partial charge on any atom is -0.549 e. The third-order valence-corrected chi connectivity index (χ3v) is 10.1. The predicted octanol–water partition coefficient (Wildman–Crippen LogP) is 11.4. The molecule has 0 bridgehead atoms. The Morgan fingerprint density at radius 3 is 0.660 bits per heavy atom. The summed E-state index contributed by atoms with van der Waals surface area (Å²) in [5.74, 6) is -2.07. The van der Waals surface area contributed by atoms with E-state index in [0.717, 1.165) is 25.7 Å². The average Bonchev–Trinajstić information content (AvgIpc) is 3.04. The second-order valence-corrected chi connectivity index (χ2v) is 15.1. The zero-order chi connectivity index (χ0) is 34.4. The second-order valence-electron chi connectivity index (χ2n) is 13.9. The summed E-state index contributed by atoms with van der Waals surface area (Å²) < 4.78 is 0. The molecule has 0 N–H and O–H groups in total. The fourth-order valence-corrected chi connectivity index (χ4v) is 6.37. The number of carbonyl (C=O) groups is 2.